The summed E-state index contributed by atoms with van der Waals surface area (Å²) in [5, 5.41) is 25.9. The highest BCUT2D eigenvalue weighted by Crippen LogP contribution is 2.15. The number of nitrogens with zero attached hydrogens (tertiary/aromatic N) is 4. The number of benzene rings is 3. The summed E-state index contributed by atoms with van der Waals surface area (Å²) in [6.45, 7) is 8.16. The normalized spacial score (nSPS) is 10.4. The van der Waals surface area contributed by atoms with E-state index in [4.69, 9.17) is 19.8 Å². The summed E-state index contributed by atoms with van der Waals surface area (Å²) in [5.74, 6) is -4.08. The maximum Gasteiger partial charge on any atom is 0.414 e. The van der Waals surface area contributed by atoms with Gasteiger partial charge in [-0.1, -0.05) is 74.5 Å². The summed E-state index contributed by atoms with van der Waals surface area (Å²) < 4.78 is 0. The minimum absolute atomic E-state index is 0.0598. The number of amides is 2. The number of carbonyl (C=O) groups excluding carboxylic acids is 2. The van der Waals surface area contributed by atoms with Crippen molar-refractivity contribution in [2.45, 2.75) is 33.2 Å². The molecule has 0 aliphatic carbocycles. The van der Waals surface area contributed by atoms with Crippen LogP contribution in [-0.4, -0.2) is 92.9 Å². The van der Waals surface area contributed by atoms with Gasteiger partial charge in [0.15, 0.2) is 0 Å². The lowest BCUT2D eigenvalue weighted by atomic mass is 10.1. The molecule has 0 aliphatic heterocycles. The standard InChI is InChI=1S/C31H38N4O4.C2H2O4/c1-3-32(4-2)21-11-22-34(31(37)28-16-18-29(19-17-28)35(38)39)25-30(36)33(24-27-14-9-6-10-15-27)23-20-26-12-7-5-8-13-26;3-1(4)2(5)6/h5-10,12-19H,3-4,11,20-25H2,1-2H3;(H,3,4)(H,5,6). The van der Waals surface area contributed by atoms with E-state index >= 15 is 0 Å². The van der Waals surface area contributed by atoms with Crippen LogP contribution in [0, 0.1) is 10.1 Å². The molecule has 12 heteroatoms. The summed E-state index contributed by atoms with van der Waals surface area (Å²) in [5.41, 5.74) is 2.41. The molecule has 12 nitrogen and oxygen atoms in total. The van der Waals surface area contributed by atoms with Gasteiger partial charge in [0.25, 0.3) is 11.6 Å². The van der Waals surface area contributed by atoms with Crippen LogP contribution in [0.25, 0.3) is 0 Å². The Balaban J connectivity index is 0.00000107. The molecule has 0 heterocycles. The zero-order valence-corrected chi connectivity index (χ0v) is 25.6. The molecule has 240 valence electrons. The lowest BCUT2D eigenvalue weighted by molar-refractivity contribution is -0.384. The van der Waals surface area contributed by atoms with Gasteiger partial charge in [0.2, 0.25) is 5.91 Å². The van der Waals surface area contributed by atoms with Crippen molar-refractivity contribution in [2.75, 3.05) is 39.3 Å². The Labute approximate surface area is 262 Å². The van der Waals surface area contributed by atoms with Crippen LogP contribution >= 0.6 is 0 Å². The fraction of sp³-hybridized carbons (Fsp3) is 0.333. The number of carboxylic acids is 2. The van der Waals surface area contributed by atoms with Crippen LogP contribution in [0.5, 0.6) is 0 Å². The maximum atomic E-state index is 13.7. The maximum absolute atomic E-state index is 13.7. The van der Waals surface area contributed by atoms with Gasteiger partial charge in [0.1, 0.15) is 6.54 Å². The number of aliphatic carboxylic acids is 2. The van der Waals surface area contributed by atoms with E-state index in [-0.39, 0.29) is 24.0 Å². The minimum Gasteiger partial charge on any atom is -0.473 e. The first kappa shape index (κ1) is 36.1. The molecule has 3 rings (SSSR count). The van der Waals surface area contributed by atoms with Crippen LogP contribution in [0.2, 0.25) is 0 Å². The molecule has 0 bridgehead atoms. The van der Waals surface area contributed by atoms with Gasteiger partial charge in [-0.05, 0) is 55.7 Å². The Bertz CT molecular complexity index is 1370. The molecule has 0 saturated heterocycles. The molecule has 0 atom stereocenters. The van der Waals surface area contributed by atoms with Crippen molar-refractivity contribution in [3.8, 4) is 0 Å². The fourth-order valence-electron chi connectivity index (χ4n) is 4.45. The second kappa shape index (κ2) is 19.2. The van der Waals surface area contributed by atoms with Crippen molar-refractivity contribution in [1.82, 2.24) is 14.7 Å². The highest BCUT2D eigenvalue weighted by molar-refractivity contribution is 6.27. The number of non-ortho nitro benzene ring substituents is 1. The van der Waals surface area contributed by atoms with Crippen molar-refractivity contribution < 1.29 is 34.3 Å². The molecule has 0 aromatic heterocycles. The van der Waals surface area contributed by atoms with Crippen LogP contribution in [0.1, 0.15) is 41.8 Å². The summed E-state index contributed by atoms with van der Waals surface area (Å²) in [6, 6.07) is 25.4. The second-order valence-electron chi connectivity index (χ2n) is 10.1. The summed E-state index contributed by atoms with van der Waals surface area (Å²) in [7, 11) is 0. The number of nitro benzene ring substituents is 1. The highest BCUT2D eigenvalue weighted by Gasteiger charge is 2.23. The van der Waals surface area contributed by atoms with Crippen molar-refractivity contribution in [3.05, 3.63) is 112 Å². The molecular weight excluding hydrogens is 580 g/mol. The number of carboxylic acid groups (broad SMARTS) is 2. The molecule has 2 N–H and O–H groups in total. The zero-order valence-electron chi connectivity index (χ0n) is 25.6. The second-order valence-corrected chi connectivity index (χ2v) is 10.1. The van der Waals surface area contributed by atoms with Crippen LogP contribution < -0.4 is 0 Å². The topological polar surface area (TPSA) is 162 Å². The van der Waals surface area contributed by atoms with E-state index in [0.717, 1.165) is 37.2 Å². The SMILES string of the molecule is CCN(CC)CCCN(CC(=O)N(CCc1ccccc1)Cc1ccccc1)C(=O)c1ccc([N+](=O)[O-])cc1.O=C(O)C(=O)O. The molecule has 3 aromatic rings. The van der Waals surface area contributed by atoms with E-state index < -0.39 is 16.9 Å². The number of nitro groups is 1. The average Bonchev–Trinajstić information content (AvgIpc) is 3.05. The molecular formula is C33H40N4O8. The van der Waals surface area contributed by atoms with E-state index in [2.05, 4.69) is 18.7 Å². The summed E-state index contributed by atoms with van der Waals surface area (Å²) in [6.07, 6.45) is 1.42. The number of hydrogen-bond acceptors (Lipinski definition) is 7. The number of hydrogen-bond donors (Lipinski definition) is 2. The van der Waals surface area contributed by atoms with Gasteiger partial charge < -0.3 is 24.9 Å². The first-order valence-corrected chi connectivity index (χ1v) is 14.6. The lowest BCUT2D eigenvalue weighted by Gasteiger charge is -2.29. The van der Waals surface area contributed by atoms with Gasteiger partial charge >= 0.3 is 11.9 Å². The van der Waals surface area contributed by atoms with Crippen molar-refractivity contribution >= 4 is 29.4 Å². The molecule has 0 fully saturated rings. The van der Waals surface area contributed by atoms with Gasteiger partial charge in [-0.3, -0.25) is 19.7 Å². The molecule has 2 amide bonds. The first-order chi connectivity index (χ1) is 21.5. The van der Waals surface area contributed by atoms with Gasteiger partial charge in [0.05, 0.1) is 4.92 Å². The molecule has 0 saturated carbocycles. The minimum atomic E-state index is -1.82. The Morgan fingerprint density at radius 1 is 0.711 bits per heavy atom. The third kappa shape index (κ3) is 13.0. The molecule has 0 unspecified atom stereocenters. The quantitative estimate of drug-likeness (QED) is 0.144. The van der Waals surface area contributed by atoms with Crippen LogP contribution in [0.3, 0.4) is 0 Å². The number of rotatable bonds is 15. The van der Waals surface area contributed by atoms with E-state index in [1.54, 1.807) is 4.90 Å². The van der Waals surface area contributed by atoms with Crippen molar-refractivity contribution in [3.63, 3.8) is 0 Å². The highest BCUT2D eigenvalue weighted by atomic mass is 16.6. The smallest absolute Gasteiger partial charge is 0.414 e. The molecule has 3 aromatic carbocycles. The molecule has 45 heavy (non-hydrogen) atoms. The Morgan fingerprint density at radius 2 is 1.24 bits per heavy atom. The predicted molar refractivity (Wildman–Crippen MR) is 169 cm³/mol. The average molecular weight is 621 g/mol. The monoisotopic (exact) mass is 620 g/mol. The predicted octanol–water partition coefficient (Wildman–Crippen LogP) is 4.20. The third-order valence-electron chi connectivity index (χ3n) is 7.00. The molecule has 0 aliphatic rings. The number of carbonyl (C=O) groups is 4. The fourth-order valence-corrected chi connectivity index (χ4v) is 4.45. The van der Waals surface area contributed by atoms with Gasteiger partial charge in [-0.2, -0.15) is 0 Å². The van der Waals surface area contributed by atoms with Gasteiger partial charge in [-0.25, -0.2) is 9.59 Å². The van der Waals surface area contributed by atoms with E-state index in [1.807, 2.05) is 65.6 Å². The Kier molecular flexibility index (Phi) is 15.4. The first-order valence-electron chi connectivity index (χ1n) is 14.6. The van der Waals surface area contributed by atoms with Crippen LogP contribution in [0.4, 0.5) is 5.69 Å². The van der Waals surface area contributed by atoms with E-state index in [1.165, 1.54) is 24.3 Å². The summed E-state index contributed by atoms with van der Waals surface area (Å²) >= 11 is 0. The van der Waals surface area contributed by atoms with E-state index in [9.17, 15) is 19.7 Å². The molecule has 0 radical (unpaired) electrons. The van der Waals surface area contributed by atoms with E-state index in [0.29, 0.717) is 31.6 Å². The van der Waals surface area contributed by atoms with Crippen LogP contribution in [0.15, 0.2) is 84.9 Å². The van der Waals surface area contributed by atoms with Crippen molar-refractivity contribution in [1.29, 1.82) is 0 Å². The van der Waals surface area contributed by atoms with Crippen molar-refractivity contribution in [2.24, 2.45) is 0 Å². The zero-order chi connectivity index (χ0) is 33.2. The van der Waals surface area contributed by atoms with Crippen LogP contribution in [-0.2, 0) is 27.3 Å². The molecule has 0 spiro atoms. The van der Waals surface area contributed by atoms with Gasteiger partial charge in [0, 0.05) is 37.3 Å². The Hall–Kier alpha value is -5.10. The third-order valence-corrected chi connectivity index (χ3v) is 7.00. The van der Waals surface area contributed by atoms with Gasteiger partial charge in [-0.15, -0.1) is 0 Å². The Morgan fingerprint density at radius 3 is 1.73 bits per heavy atom. The largest absolute Gasteiger partial charge is 0.473 e. The summed E-state index contributed by atoms with van der Waals surface area (Å²) in [4.78, 5) is 61.6. The lowest BCUT2D eigenvalue weighted by Crippen LogP contribution is -2.44.